The van der Waals surface area contributed by atoms with Crippen molar-refractivity contribution in [2.75, 3.05) is 26.9 Å². The first-order chi connectivity index (χ1) is 56.1. The molecule has 666 valence electrons. The van der Waals surface area contributed by atoms with E-state index in [4.69, 9.17) is 18.9 Å². The molecule has 0 bridgehead atoms. The number of carbonyl (C=O) groups excluding carboxylic acids is 6. The number of ether oxygens (including phenoxy) is 5. The molecule has 0 saturated heterocycles. The number of ketones is 2. The summed E-state index contributed by atoms with van der Waals surface area (Å²) in [6.45, 7) is 70.9. The lowest BCUT2D eigenvalue weighted by Crippen LogP contribution is -2.32. The Morgan fingerprint density at radius 2 is 0.767 bits per heavy atom. The molecule has 0 unspecified atom stereocenters. The molecule has 0 saturated carbocycles. The van der Waals surface area contributed by atoms with Gasteiger partial charge in [-0.15, -0.1) is 6.58 Å². The van der Waals surface area contributed by atoms with Crippen LogP contribution in [0, 0.1) is 5.41 Å². The molecule has 13 heteroatoms. The number of benzene rings is 8. The van der Waals surface area contributed by atoms with Crippen molar-refractivity contribution in [2.45, 2.75) is 292 Å². The molecule has 9 rings (SSSR count). The largest absolute Gasteiger partial charge is 0.497 e. The molecule has 0 atom stereocenters. The van der Waals surface area contributed by atoms with Crippen molar-refractivity contribution in [3.8, 4) is 16.9 Å². The molecule has 0 spiro atoms. The van der Waals surface area contributed by atoms with E-state index in [1.807, 2.05) is 113 Å². The Bertz CT molecular complexity index is 3710. The summed E-state index contributed by atoms with van der Waals surface area (Å²) in [4.78, 5) is 61.6. The zero-order chi connectivity index (χ0) is 93.0. The summed E-state index contributed by atoms with van der Waals surface area (Å²) in [6, 6.07) is 78.5. The Labute approximate surface area is 736 Å². The number of aryl methyl sites for hydroxylation is 3. The Morgan fingerprint density at radius 3 is 1.01 bits per heavy atom. The second kappa shape index (κ2) is 69.4. The minimum Gasteiger partial charge on any atom is -0.497 e. The summed E-state index contributed by atoms with van der Waals surface area (Å²) in [5.41, 5.74) is 13.0. The van der Waals surface area contributed by atoms with Crippen LogP contribution in [-0.4, -0.2) is 85.6 Å². The standard InChI is InChI=1S/C20H18.C16H14O2.C10H12O.C9H12O.C8H18O2Si.C8H10.C7H18Si.C6H12O2.C5H8O2.C5H12.C5H10.C3H6O.C3H8.C2H6/c1-20(17-11-5-2-6-12-17,18-13-7-3-8-14-18)19-15-9-4-10-16-19;1-11(17)18-10-16-14-8-4-2-6-12(14)13-7-3-5-9-15(13)16;1-9(11)7-8-10-5-3-2-4-6-10;1-3-8-4-6-9(10-2)7-5-8;1-7(9)10-5-6-11-8(2,3)4;1-2-8-6-4-3-5-7-8;1-7(2,3)8(4,5)6;1-5(7)8-6(2,3)4;1-3-4-7-5(2)6;1-5(2,3)4;1-3-5-4-2;1-3(2)4;1-3-2;1-2/h2-16H,1H3;2-9,16H,10H2,1H3;2-6H,7-8H2,1H3;4-7H,3H2,1-2H3;5-6,11H2,1-4H3;3-7H,2H2,1H3;1-6H3;1-4H3;3H,1,4H2,2H3;1-4H3;3H,1,4-5H2,2H3;1-2H3;3H2,1-2H3;1-2H3. The second-order valence-corrected chi connectivity index (χ2v) is 43.8. The molecule has 0 aliphatic heterocycles. The zero-order valence-corrected chi connectivity index (χ0v) is 83.4. The summed E-state index contributed by atoms with van der Waals surface area (Å²) in [5, 5.41) is 1.06. The van der Waals surface area contributed by atoms with E-state index in [1.165, 1.54) is 116 Å². The molecule has 8 aromatic carbocycles. The van der Waals surface area contributed by atoms with Gasteiger partial charge in [0.2, 0.25) is 0 Å². The fourth-order valence-corrected chi connectivity index (χ4v) is 11.0. The summed E-state index contributed by atoms with van der Waals surface area (Å²) in [5.74, 6) is 0.648. The Hall–Kier alpha value is -9.31. The molecule has 120 heavy (non-hydrogen) atoms. The monoisotopic (exact) mass is 1680 g/mol. The maximum Gasteiger partial charge on any atom is 0.303 e. The first kappa shape index (κ1) is 119. The number of fused-ring (bicyclic) bond motifs is 3. The van der Waals surface area contributed by atoms with Gasteiger partial charge in [-0.05, 0) is 163 Å². The molecule has 0 heterocycles. The number of hydrogen-bond donors (Lipinski definition) is 0. The number of allylic oxidation sites excluding steroid dienone is 1. The van der Waals surface area contributed by atoms with E-state index in [9.17, 15) is 28.8 Å². The van der Waals surface area contributed by atoms with E-state index in [0.29, 0.717) is 41.7 Å². The maximum absolute atomic E-state index is 11.0. The number of rotatable bonds is 18. The van der Waals surface area contributed by atoms with Crippen LogP contribution in [0.3, 0.4) is 0 Å². The Morgan fingerprint density at radius 1 is 0.442 bits per heavy atom. The number of unbranched alkanes of at least 4 members (excludes halogenated alkanes) is 1. The van der Waals surface area contributed by atoms with E-state index in [2.05, 4.69) is 300 Å². The van der Waals surface area contributed by atoms with Crippen LogP contribution in [0.2, 0.25) is 35.8 Å². The SMILES string of the molecule is C=CCCC.C=CCOC(C)=O.CC.CC(=O)CCc1ccccc1.CC(=O)OC(C)(C)C.CC(=O)OCC1c2ccccc2-c2ccccc21.CC(=O)OCC[SiH2]C(C)(C)C.CC(C)(C)C.CC(C)(C)[Si](C)(C)C.CC(C)=O.CC(c1ccccc1)(c1ccccc1)c1ccccc1.CCC.CCc1ccc(OC)cc1.CCc1ccccc1. The molecule has 0 N–H and O–H groups in total. The molecular formula is C107H164O11Si2. The minimum absolute atomic E-state index is 0.0706. The molecule has 0 aromatic heterocycles. The third-order valence-electron chi connectivity index (χ3n) is 16.9. The van der Waals surface area contributed by atoms with Crippen molar-refractivity contribution in [1.29, 1.82) is 0 Å². The van der Waals surface area contributed by atoms with Crippen LogP contribution in [0.1, 0.15) is 270 Å². The van der Waals surface area contributed by atoms with Crippen LogP contribution < -0.4 is 4.74 Å². The number of esters is 4. The van der Waals surface area contributed by atoms with Crippen molar-refractivity contribution < 1.29 is 52.5 Å². The quantitative estimate of drug-likeness (QED) is 0.0202. The van der Waals surface area contributed by atoms with E-state index >= 15 is 0 Å². The van der Waals surface area contributed by atoms with Crippen LogP contribution in [0.5, 0.6) is 5.75 Å². The summed E-state index contributed by atoms with van der Waals surface area (Å²) in [6.07, 6.45) is 10.8. The van der Waals surface area contributed by atoms with E-state index in [-0.39, 0.29) is 61.9 Å². The van der Waals surface area contributed by atoms with Gasteiger partial charge in [0.25, 0.3) is 0 Å². The lowest BCUT2D eigenvalue weighted by atomic mass is 9.71. The summed E-state index contributed by atoms with van der Waals surface area (Å²) in [7, 11) is 0.752. The molecule has 1 aliphatic carbocycles. The van der Waals surface area contributed by atoms with Crippen molar-refractivity contribution in [1.82, 2.24) is 0 Å². The van der Waals surface area contributed by atoms with Crippen LogP contribution in [-0.2, 0) is 72.4 Å². The molecule has 0 fully saturated rings. The third kappa shape index (κ3) is 67.5. The van der Waals surface area contributed by atoms with Gasteiger partial charge in [-0.2, -0.15) is 0 Å². The Kier molecular flexibility index (Phi) is 68.9. The molecule has 0 radical (unpaired) electrons. The van der Waals surface area contributed by atoms with E-state index in [1.54, 1.807) is 14.0 Å². The van der Waals surface area contributed by atoms with Crippen molar-refractivity contribution >= 4 is 53.0 Å². The second-order valence-electron chi connectivity index (χ2n) is 34.5. The van der Waals surface area contributed by atoms with Crippen LogP contribution >= 0.6 is 0 Å². The van der Waals surface area contributed by atoms with Gasteiger partial charge in [-0.1, -0.05) is 381 Å². The Balaban J connectivity index is -0.000000410. The predicted octanol–water partition coefficient (Wildman–Crippen LogP) is 28.7. The normalized spacial score (nSPS) is 10.6. The lowest BCUT2D eigenvalue weighted by molar-refractivity contribution is -0.152. The summed E-state index contributed by atoms with van der Waals surface area (Å²) < 4.78 is 24.3. The highest BCUT2D eigenvalue weighted by atomic mass is 28.3. The molecular weight excluding hydrogens is 1520 g/mol. The van der Waals surface area contributed by atoms with E-state index in [0.717, 1.165) is 37.5 Å². The van der Waals surface area contributed by atoms with Gasteiger partial charge in [0.05, 0.1) is 13.7 Å². The number of carbonyl (C=O) groups is 6. The molecule has 8 aromatic rings. The number of Topliss-reactive ketones (excluding diaryl/α,β-unsaturated/α-hetero) is 2. The van der Waals surface area contributed by atoms with Crippen LogP contribution in [0.25, 0.3) is 11.1 Å². The summed E-state index contributed by atoms with van der Waals surface area (Å²) >= 11 is 0. The van der Waals surface area contributed by atoms with Crippen molar-refractivity contribution in [2.24, 2.45) is 5.41 Å². The van der Waals surface area contributed by atoms with Crippen LogP contribution in [0.15, 0.2) is 250 Å². The first-order valence-corrected chi connectivity index (χ1v) is 48.1. The fraction of sp³-hybridized carbons (Fsp3) is 0.458. The van der Waals surface area contributed by atoms with E-state index < -0.39 is 8.07 Å². The number of hydrogen-bond acceptors (Lipinski definition) is 11. The fourth-order valence-electron chi connectivity index (χ4n) is 9.62. The zero-order valence-electron chi connectivity index (χ0n) is 81.0. The molecule has 11 nitrogen and oxygen atoms in total. The van der Waals surface area contributed by atoms with Gasteiger partial charge < -0.3 is 33.3 Å². The van der Waals surface area contributed by atoms with Gasteiger partial charge in [0.15, 0.2) is 0 Å². The maximum atomic E-state index is 11.0. The van der Waals surface area contributed by atoms with Gasteiger partial charge in [0, 0.05) is 63.0 Å². The van der Waals surface area contributed by atoms with Gasteiger partial charge in [-0.3, -0.25) is 19.2 Å². The highest BCUT2D eigenvalue weighted by molar-refractivity contribution is 6.78. The van der Waals surface area contributed by atoms with Gasteiger partial charge in [-0.25, -0.2) is 0 Å². The molecule has 1 aliphatic rings. The number of methoxy groups -OCH3 is 1. The average Bonchev–Trinajstić information content (AvgIpc) is 1.48. The third-order valence-corrected chi connectivity index (χ3v) is 23.5. The van der Waals surface area contributed by atoms with Gasteiger partial charge in [0.1, 0.15) is 36.1 Å². The molecule has 0 amide bonds. The van der Waals surface area contributed by atoms with Crippen LogP contribution in [0.4, 0.5) is 0 Å². The average molecular weight is 1680 g/mol. The smallest absolute Gasteiger partial charge is 0.303 e. The highest BCUT2D eigenvalue weighted by Gasteiger charge is 2.32. The van der Waals surface area contributed by atoms with Gasteiger partial charge >= 0.3 is 23.9 Å². The highest BCUT2D eigenvalue weighted by Crippen LogP contribution is 2.45. The predicted molar refractivity (Wildman–Crippen MR) is 524 cm³/mol. The minimum atomic E-state index is -0.859. The topological polar surface area (TPSA) is 149 Å². The lowest BCUT2D eigenvalue weighted by Gasteiger charge is -2.32. The first-order valence-electron chi connectivity index (χ1n) is 42.9. The van der Waals surface area contributed by atoms with Crippen molar-refractivity contribution in [3.05, 3.63) is 294 Å². The van der Waals surface area contributed by atoms with Crippen molar-refractivity contribution in [3.63, 3.8) is 0 Å².